The summed E-state index contributed by atoms with van der Waals surface area (Å²) in [5.41, 5.74) is 4.25. The van der Waals surface area contributed by atoms with Gasteiger partial charge in [0.2, 0.25) is 11.8 Å². The largest absolute Gasteiger partial charge is 0.411 e. The molecule has 1 heterocycles. The Hall–Kier alpha value is -3.11. The molecule has 0 aliphatic rings. The van der Waals surface area contributed by atoms with Crippen molar-refractivity contribution in [3.8, 4) is 17.5 Å². The Balaban J connectivity index is 1.66. The van der Waals surface area contributed by atoms with Crippen LogP contribution >= 0.6 is 11.8 Å². The van der Waals surface area contributed by atoms with Crippen molar-refractivity contribution in [2.45, 2.75) is 31.2 Å². The van der Waals surface area contributed by atoms with Crippen LogP contribution in [-0.2, 0) is 4.79 Å². The van der Waals surface area contributed by atoms with Crippen LogP contribution in [0.3, 0.4) is 0 Å². The minimum atomic E-state index is -0.441. The van der Waals surface area contributed by atoms with Crippen LogP contribution in [0.2, 0.25) is 0 Å². The van der Waals surface area contributed by atoms with E-state index in [9.17, 15) is 4.79 Å². The molecule has 2 aromatic carbocycles. The lowest BCUT2D eigenvalue weighted by Crippen LogP contribution is -2.22. The number of aromatic nitrogens is 2. The number of nitrogens with zero attached hydrogens (tertiary/aromatic N) is 3. The molecule has 1 aromatic heterocycles. The highest BCUT2D eigenvalue weighted by molar-refractivity contribution is 8.00. The van der Waals surface area contributed by atoms with Crippen LogP contribution in [0.25, 0.3) is 11.5 Å². The van der Waals surface area contributed by atoms with Crippen molar-refractivity contribution < 1.29 is 9.21 Å². The van der Waals surface area contributed by atoms with Gasteiger partial charge in [0.1, 0.15) is 0 Å². The van der Waals surface area contributed by atoms with E-state index < -0.39 is 5.25 Å². The molecule has 6 nitrogen and oxygen atoms in total. The van der Waals surface area contributed by atoms with E-state index in [-0.39, 0.29) is 5.91 Å². The van der Waals surface area contributed by atoms with E-state index in [1.54, 1.807) is 31.2 Å². The smallest absolute Gasteiger partial charge is 0.277 e. The zero-order chi connectivity index (χ0) is 19.4. The summed E-state index contributed by atoms with van der Waals surface area (Å²) in [5.74, 6) is 0.218. The van der Waals surface area contributed by atoms with Crippen molar-refractivity contribution in [2.24, 2.45) is 0 Å². The molecule has 1 atom stereocenters. The maximum absolute atomic E-state index is 12.4. The first kappa shape index (κ1) is 18.7. The van der Waals surface area contributed by atoms with Gasteiger partial charge in [0.25, 0.3) is 5.22 Å². The number of aryl methyl sites for hydroxylation is 2. The highest BCUT2D eigenvalue weighted by atomic mass is 32.2. The zero-order valence-electron chi connectivity index (χ0n) is 15.2. The number of carbonyl (C=O) groups excluding carboxylic acids is 1. The maximum Gasteiger partial charge on any atom is 0.277 e. The van der Waals surface area contributed by atoms with Crippen molar-refractivity contribution in [2.75, 3.05) is 5.32 Å². The van der Waals surface area contributed by atoms with Crippen molar-refractivity contribution >= 4 is 23.4 Å². The second kappa shape index (κ2) is 8.06. The zero-order valence-corrected chi connectivity index (χ0v) is 16.0. The molecule has 0 radical (unpaired) electrons. The number of nitriles is 1. The molecule has 27 heavy (non-hydrogen) atoms. The summed E-state index contributed by atoms with van der Waals surface area (Å²) in [6, 6.07) is 14.7. The van der Waals surface area contributed by atoms with Gasteiger partial charge in [0.15, 0.2) is 0 Å². The Morgan fingerprint density at radius 3 is 2.74 bits per heavy atom. The van der Waals surface area contributed by atoms with Gasteiger partial charge in [-0.2, -0.15) is 5.26 Å². The van der Waals surface area contributed by atoms with Crippen LogP contribution in [-0.4, -0.2) is 21.4 Å². The number of hydrogen-bond donors (Lipinski definition) is 1. The summed E-state index contributed by atoms with van der Waals surface area (Å²) in [6.45, 7) is 5.83. The lowest BCUT2D eigenvalue weighted by atomic mass is 10.1. The Morgan fingerprint density at radius 1 is 1.19 bits per heavy atom. The molecular weight excluding hydrogens is 360 g/mol. The number of amides is 1. The van der Waals surface area contributed by atoms with E-state index in [1.165, 1.54) is 17.3 Å². The van der Waals surface area contributed by atoms with Crippen molar-refractivity contribution in [3.63, 3.8) is 0 Å². The molecule has 136 valence electrons. The van der Waals surface area contributed by atoms with Crippen molar-refractivity contribution in [3.05, 3.63) is 59.2 Å². The molecule has 1 N–H and O–H groups in total. The Morgan fingerprint density at radius 2 is 2.00 bits per heavy atom. The maximum atomic E-state index is 12.4. The Labute approximate surface area is 161 Å². The number of nitrogens with one attached hydrogen (secondary N) is 1. The van der Waals surface area contributed by atoms with Gasteiger partial charge in [-0.25, -0.2) is 0 Å². The normalized spacial score (nSPS) is 11.6. The van der Waals surface area contributed by atoms with E-state index in [2.05, 4.69) is 15.5 Å². The molecule has 3 rings (SSSR count). The van der Waals surface area contributed by atoms with Gasteiger partial charge in [-0.3, -0.25) is 4.79 Å². The van der Waals surface area contributed by atoms with E-state index in [1.807, 2.05) is 38.1 Å². The number of carbonyl (C=O) groups is 1. The minimum Gasteiger partial charge on any atom is -0.411 e. The van der Waals surface area contributed by atoms with Gasteiger partial charge >= 0.3 is 0 Å². The number of benzene rings is 2. The highest BCUT2D eigenvalue weighted by Gasteiger charge is 2.19. The molecule has 7 heteroatoms. The number of rotatable bonds is 5. The third-order valence-corrected chi connectivity index (χ3v) is 5.00. The van der Waals surface area contributed by atoms with E-state index in [0.29, 0.717) is 22.4 Å². The second-order valence-corrected chi connectivity index (χ2v) is 7.41. The summed E-state index contributed by atoms with van der Waals surface area (Å²) in [6.07, 6.45) is 0. The average molecular weight is 378 g/mol. The predicted molar refractivity (Wildman–Crippen MR) is 104 cm³/mol. The number of hydrogen-bond acceptors (Lipinski definition) is 6. The highest BCUT2D eigenvalue weighted by Crippen LogP contribution is 2.27. The first-order chi connectivity index (χ1) is 13.0. The van der Waals surface area contributed by atoms with Crippen LogP contribution < -0.4 is 5.32 Å². The van der Waals surface area contributed by atoms with Gasteiger partial charge in [0.05, 0.1) is 16.9 Å². The quantitative estimate of drug-likeness (QED) is 0.664. The third kappa shape index (κ3) is 4.54. The fourth-order valence-electron chi connectivity index (χ4n) is 2.36. The minimum absolute atomic E-state index is 0.207. The summed E-state index contributed by atoms with van der Waals surface area (Å²) < 4.78 is 5.69. The first-order valence-electron chi connectivity index (χ1n) is 8.35. The SMILES string of the molecule is Cc1ccc(-c2nnc(SC(C)C(=O)Nc3cccc(C#N)c3)o2)cc1C. The van der Waals surface area contributed by atoms with Crippen LogP contribution in [0.4, 0.5) is 5.69 Å². The first-order valence-corrected chi connectivity index (χ1v) is 9.23. The molecule has 0 aliphatic heterocycles. The molecular formula is C20H18N4O2S. The van der Waals surface area contributed by atoms with Gasteiger partial charge < -0.3 is 9.73 Å². The standard InChI is InChI=1S/C20H18N4O2S/c1-12-7-8-16(9-13(12)2)19-23-24-20(26-19)27-14(3)18(25)22-17-6-4-5-15(10-17)11-21/h4-10,14H,1-3H3,(H,22,25). The van der Waals surface area contributed by atoms with Crippen LogP contribution in [0, 0.1) is 25.2 Å². The lowest BCUT2D eigenvalue weighted by molar-refractivity contribution is -0.115. The van der Waals surface area contributed by atoms with Gasteiger partial charge in [-0.05, 0) is 62.2 Å². The fraction of sp³-hybridized carbons (Fsp3) is 0.200. The van der Waals surface area contributed by atoms with E-state index in [0.717, 1.165) is 11.1 Å². The molecule has 0 saturated carbocycles. The average Bonchev–Trinajstić information content (AvgIpc) is 3.12. The molecule has 0 spiro atoms. The number of anilines is 1. The summed E-state index contributed by atoms with van der Waals surface area (Å²) >= 11 is 1.19. The molecule has 0 aliphatic carbocycles. The topological polar surface area (TPSA) is 91.8 Å². The van der Waals surface area contributed by atoms with Gasteiger partial charge in [-0.1, -0.05) is 23.9 Å². The Kier molecular flexibility index (Phi) is 5.57. The molecule has 0 fully saturated rings. The lowest BCUT2D eigenvalue weighted by Gasteiger charge is -2.10. The predicted octanol–water partition coefficient (Wildman–Crippen LogP) is 4.34. The number of thioether (sulfide) groups is 1. The van der Waals surface area contributed by atoms with E-state index >= 15 is 0 Å². The van der Waals surface area contributed by atoms with E-state index in [4.69, 9.17) is 9.68 Å². The van der Waals surface area contributed by atoms with Gasteiger partial charge in [0, 0.05) is 11.3 Å². The summed E-state index contributed by atoms with van der Waals surface area (Å²) in [7, 11) is 0. The van der Waals surface area contributed by atoms with Crippen molar-refractivity contribution in [1.82, 2.24) is 10.2 Å². The molecule has 0 saturated heterocycles. The van der Waals surface area contributed by atoms with Crippen LogP contribution in [0.5, 0.6) is 0 Å². The summed E-state index contributed by atoms with van der Waals surface area (Å²) in [4.78, 5) is 12.4. The molecule has 0 bridgehead atoms. The van der Waals surface area contributed by atoms with Crippen LogP contribution in [0.15, 0.2) is 52.1 Å². The monoisotopic (exact) mass is 378 g/mol. The molecule has 1 unspecified atom stereocenters. The second-order valence-electron chi connectivity index (χ2n) is 6.11. The fourth-order valence-corrected chi connectivity index (χ4v) is 3.05. The summed E-state index contributed by atoms with van der Waals surface area (Å²) in [5, 5.41) is 19.7. The molecule has 1 amide bonds. The van der Waals surface area contributed by atoms with Gasteiger partial charge in [-0.15, -0.1) is 10.2 Å². The Bertz CT molecular complexity index is 1020. The van der Waals surface area contributed by atoms with Crippen molar-refractivity contribution in [1.29, 1.82) is 5.26 Å². The third-order valence-electron chi connectivity index (χ3n) is 4.07. The van der Waals surface area contributed by atoms with Crippen LogP contribution in [0.1, 0.15) is 23.6 Å². The molecule has 3 aromatic rings.